The minimum absolute atomic E-state index is 0.288. The van der Waals surface area contributed by atoms with Gasteiger partial charge in [0.2, 0.25) is 0 Å². The molecule has 0 saturated heterocycles. The van der Waals surface area contributed by atoms with Gasteiger partial charge in [0.15, 0.2) is 6.29 Å². The van der Waals surface area contributed by atoms with Crippen LogP contribution in [0.5, 0.6) is 0 Å². The van der Waals surface area contributed by atoms with Crippen molar-refractivity contribution in [2.24, 2.45) is 0 Å². The van der Waals surface area contributed by atoms with Crippen molar-refractivity contribution >= 4 is 11.9 Å². The predicted octanol–water partition coefficient (Wildman–Crippen LogP) is 1.96. The molecule has 0 radical (unpaired) electrons. The number of carbonyl (C=O) groups excluding carboxylic acids is 2. The maximum atomic E-state index is 10.5. The second-order valence-corrected chi connectivity index (χ2v) is 4.52. The topological polar surface area (TPSA) is 72.8 Å². The van der Waals surface area contributed by atoms with Crippen LogP contribution in [0.1, 0.15) is 34.6 Å². The maximum Gasteiger partial charge on any atom is 0.335 e. The number of hydrogen-bond acceptors (Lipinski definition) is 5. The van der Waals surface area contributed by atoms with Crippen molar-refractivity contribution in [3.8, 4) is 0 Å². The van der Waals surface area contributed by atoms with E-state index >= 15 is 0 Å². The summed E-state index contributed by atoms with van der Waals surface area (Å²) in [4.78, 5) is 21.0. The molecule has 0 heterocycles. The SMILES string of the molecule is C=C(C)C(=O)OC(C)O.C=CC(=O)OC(C)(C)C. The van der Waals surface area contributed by atoms with Gasteiger partial charge in [-0.25, -0.2) is 9.59 Å². The molecule has 1 unspecified atom stereocenters. The highest BCUT2D eigenvalue weighted by atomic mass is 16.6. The molecule has 0 aromatic carbocycles. The lowest BCUT2D eigenvalue weighted by atomic mass is 10.2. The van der Waals surface area contributed by atoms with E-state index in [1.807, 2.05) is 20.8 Å². The van der Waals surface area contributed by atoms with Gasteiger partial charge in [0, 0.05) is 11.6 Å². The molecule has 104 valence electrons. The highest BCUT2D eigenvalue weighted by Crippen LogP contribution is 2.06. The fraction of sp³-hybridized carbons (Fsp3) is 0.538. The van der Waals surface area contributed by atoms with Gasteiger partial charge >= 0.3 is 11.9 Å². The van der Waals surface area contributed by atoms with Gasteiger partial charge in [-0.1, -0.05) is 13.2 Å². The van der Waals surface area contributed by atoms with Crippen LogP contribution in [0.15, 0.2) is 24.8 Å². The van der Waals surface area contributed by atoms with Crippen LogP contribution in [0.4, 0.5) is 0 Å². The predicted molar refractivity (Wildman–Crippen MR) is 68.6 cm³/mol. The number of ether oxygens (including phenoxy) is 2. The van der Waals surface area contributed by atoms with E-state index in [2.05, 4.69) is 17.9 Å². The lowest BCUT2D eigenvalue weighted by Gasteiger charge is -2.17. The van der Waals surface area contributed by atoms with Gasteiger partial charge in [0.1, 0.15) is 5.60 Å². The van der Waals surface area contributed by atoms with E-state index in [4.69, 9.17) is 9.84 Å². The third-order valence-corrected chi connectivity index (χ3v) is 1.20. The zero-order valence-electron chi connectivity index (χ0n) is 11.6. The summed E-state index contributed by atoms with van der Waals surface area (Å²) in [5.41, 5.74) is -0.110. The van der Waals surface area contributed by atoms with E-state index in [9.17, 15) is 9.59 Å². The average Bonchev–Trinajstić information content (AvgIpc) is 2.14. The number of aliphatic hydroxyl groups excluding tert-OH is 1. The molecule has 0 saturated carbocycles. The minimum atomic E-state index is -1.05. The Morgan fingerprint density at radius 3 is 1.89 bits per heavy atom. The van der Waals surface area contributed by atoms with Crippen molar-refractivity contribution in [2.45, 2.75) is 46.5 Å². The highest BCUT2D eigenvalue weighted by molar-refractivity contribution is 5.86. The highest BCUT2D eigenvalue weighted by Gasteiger charge is 2.12. The Bertz CT molecular complexity index is 310. The monoisotopic (exact) mass is 258 g/mol. The van der Waals surface area contributed by atoms with Crippen molar-refractivity contribution in [3.05, 3.63) is 24.8 Å². The van der Waals surface area contributed by atoms with Crippen molar-refractivity contribution in [2.75, 3.05) is 0 Å². The molecule has 0 aromatic rings. The van der Waals surface area contributed by atoms with Crippen molar-refractivity contribution in [1.29, 1.82) is 0 Å². The molecule has 1 atom stereocenters. The Labute approximate surface area is 108 Å². The molecule has 18 heavy (non-hydrogen) atoms. The summed E-state index contributed by atoms with van der Waals surface area (Å²) < 4.78 is 9.16. The summed E-state index contributed by atoms with van der Waals surface area (Å²) in [6.07, 6.45) is 0.111. The smallest absolute Gasteiger partial charge is 0.335 e. The zero-order chi connectivity index (χ0) is 14.9. The normalized spacial score (nSPS) is 11.4. The van der Waals surface area contributed by atoms with Crippen LogP contribution in [0.2, 0.25) is 0 Å². The van der Waals surface area contributed by atoms with Crippen LogP contribution in [-0.4, -0.2) is 28.9 Å². The molecule has 0 fully saturated rings. The lowest BCUT2D eigenvalue weighted by molar-refractivity contribution is -0.159. The Hall–Kier alpha value is -1.62. The molecule has 0 spiro atoms. The van der Waals surface area contributed by atoms with Gasteiger partial charge in [-0.05, 0) is 34.6 Å². The Balaban J connectivity index is 0. The first-order valence-electron chi connectivity index (χ1n) is 5.39. The van der Waals surface area contributed by atoms with E-state index in [0.29, 0.717) is 0 Å². The molecular weight excluding hydrogens is 236 g/mol. The Kier molecular flexibility index (Phi) is 8.81. The van der Waals surface area contributed by atoms with Crippen LogP contribution in [0.25, 0.3) is 0 Å². The van der Waals surface area contributed by atoms with E-state index in [1.54, 1.807) is 0 Å². The largest absolute Gasteiger partial charge is 0.457 e. The average molecular weight is 258 g/mol. The van der Waals surface area contributed by atoms with E-state index in [0.717, 1.165) is 6.08 Å². The molecule has 0 rings (SSSR count). The first kappa shape index (κ1) is 18.7. The van der Waals surface area contributed by atoms with Crippen LogP contribution in [0.3, 0.4) is 0 Å². The number of rotatable bonds is 3. The van der Waals surface area contributed by atoms with Gasteiger partial charge in [0.25, 0.3) is 0 Å². The molecule has 1 N–H and O–H groups in total. The second kappa shape index (κ2) is 8.47. The summed E-state index contributed by atoms with van der Waals surface area (Å²) in [6.45, 7) is 14.9. The van der Waals surface area contributed by atoms with Crippen LogP contribution in [-0.2, 0) is 19.1 Å². The summed E-state index contributed by atoms with van der Waals surface area (Å²) in [6, 6.07) is 0. The molecule has 0 aliphatic carbocycles. The standard InChI is InChI=1S/C7H12O2.C6H10O3/c1-5-6(8)9-7(2,3)4;1-4(2)6(8)9-5(3)7/h5H,1H2,2-4H3;5,7H,1H2,2-3H3. The van der Waals surface area contributed by atoms with Gasteiger partial charge in [0.05, 0.1) is 0 Å². The molecule has 5 nitrogen and oxygen atoms in total. The van der Waals surface area contributed by atoms with Crippen LogP contribution >= 0.6 is 0 Å². The van der Waals surface area contributed by atoms with Crippen LogP contribution in [0, 0.1) is 0 Å². The Morgan fingerprint density at radius 1 is 1.33 bits per heavy atom. The minimum Gasteiger partial charge on any atom is -0.457 e. The number of aliphatic hydroxyl groups is 1. The Morgan fingerprint density at radius 2 is 1.78 bits per heavy atom. The third-order valence-electron chi connectivity index (χ3n) is 1.20. The first-order valence-corrected chi connectivity index (χ1v) is 5.39. The summed E-state index contributed by atoms with van der Waals surface area (Å²) in [5, 5.41) is 8.49. The fourth-order valence-electron chi connectivity index (χ4n) is 0.599. The molecule has 0 bridgehead atoms. The van der Waals surface area contributed by atoms with Crippen molar-refractivity contribution in [3.63, 3.8) is 0 Å². The van der Waals surface area contributed by atoms with Gasteiger partial charge in [-0.3, -0.25) is 0 Å². The molecule has 5 heteroatoms. The van der Waals surface area contributed by atoms with Crippen molar-refractivity contribution in [1.82, 2.24) is 0 Å². The van der Waals surface area contributed by atoms with Gasteiger partial charge < -0.3 is 14.6 Å². The summed E-state index contributed by atoms with van der Waals surface area (Å²) in [7, 11) is 0. The molecular formula is C13H22O5. The quantitative estimate of drug-likeness (QED) is 0.476. The zero-order valence-corrected chi connectivity index (χ0v) is 11.6. The van der Waals surface area contributed by atoms with E-state index < -0.39 is 17.9 Å². The number of carbonyl (C=O) groups is 2. The fourth-order valence-corrected chi connectivity index (χ4v) is 0.599. The maximum absolute atomic E-state index is 10.5. The summed E-state index contributed by atoms with van der Waals surface area (Å²) >= 11 is 0. The number of esters is 2. The third kappa shape index (κ3) is 14.4. The van der Waals surface area contributed by atoms with Crippen molar-refractivity contribution < 1.29 is 24.2 Å². The molecule has 0 aliphatic rings. The number of hydrogen-bond donors (Lipinski definition) is 1. The second-order valence-electron chi connectivity index (χ2n) is 4.52. The summed E-state index contributed by atoms with van der Waals surface area (Å²) in [5.74, 6) is -0.937. The molecule has 0 amide bonds. The van der Waals surface area contributed by atoms with E-state index in [1.165, 1.54) is 13.8 Å². The van der Waals surface area contributed by atoms with E-state index in [-0.39, 0.29) is 11.5 Å². The molecule has 0 aliphatic heterocycles. The van der Waals surface area contributed by atoms with Gasteiger partial charge in [-0.15, -0.1) is 0 Å². The lowest BCUT2D eigenvalue weighted by Crippen LogP contribution is -2.22. The van der Waals surface area contributed by atoms with Gasteiger partial charge in [-0.2, -0.15) is 0 Å². The molecule has 0 aromatic heterocycles. The first-order chi connectivity index (χ1) is 7.99. The van der Waals surface area contributed by atoms with Crippen LogP contribution < -0.4 is 0 Å².